The first-order valence-corrected chi connectivity index (χ1v) is 3.74. The number of ether oxygens (including phenoxy) is 1. The summed E-state index contributed by atoms with van der Waals surface area (Å²) in [7, 11) is 0. The SMILES string of the molecule is CC(=O)O[C@H]1CN[C@H](CO)C1. The molecule has 0 unspecified atom stereocenters. The first kappa shape index (κ1) is 8.49. The molecule has 0 aromatic rings. The van der Waals surface area contributed by atoms with E-state index in [0.717, 1.165) is 6.42 Å². The maximum atomic E-state index is 10.5. The third-order valence-electron chi connectivity index (χ3n) is 1.73. The van der Waals surface area contributed by atoms with Crippen molar-refractivity contribution in [3.63, 3.8) is 0 Å². The summed E-state index contributed by atoms with van der Waals surface area (Å²) in [6.07, 6.45) is 0.667. The number of carbonyl (C=O) groups is 1. The second kappa shape index (κ2) is 3.69. The molecule has 11 heavy (non-hydrogen) atoms. The molecule has 1 saturated heterocycles. The Kier molecular flexibility index (Phi) is 2.84. The highest BCUT2D eigenvalue weighted by atomic mass is 16.5. The molecule has 2 N–H and O–H groups in total. The van der Waals surface area contributed by atoms with Gasteiger partial charge in [-0.05, 0) is 0 Å². The van der Waals surface area contributed by atoms with Crippen LogP contribution in [0, 0.1) is 0 Å². The van der Waals surface area contributed by atoms with Crippen LogP contribution >= 0.6 is 0 Å². The van der Waals surface area contributed by atoms with Gasteiger partial charge < -0.3 is 15.2 Å². The Balaban J connectivity index is 2.24. The summed E-state index contributed by atoms with van der Waals surface area (Å²) in [5.41, 5.74) is 0. The molecule has 4 nitrogen and oxygen atoms in total. The van der Waals surface area contributed by atoms with Gasteiger partial charge in [-0.25, -0.2) is 0 Å². The lowest BCUT2D eigenvalue weighted by Gasteiger charge is -2.07. The van der Waals surface area contributed by atoms with Gasteiger partial charge in [-0.1, -0.05) is 0 Å². The third-order valence-corrected chi connectivity index (χ3v) is 1.73. The van der Waals surface area contributed by atoms with Gasteiger partial charge in [0.05, 0.1) is 6.61 Å². The second-order valence-corrected chi connectivity index (χ2v) is 2.75. The zero-order valence-electron chi connectivity index (χ0n) is 6.54. The first-order chi connectivity index (χ1) is 5.22. The Morgan fingerprint density at radius 2 is 2.55 bits per heavy atom. The van der Waals surface area contributed by atoms with E-state index in [1.165, 1.54) is 6.92 Å². The fraction of sp³-hybridized carbons (Fsp3) is 0.857. The van der Waals surface area contributed by atoms with Gasteiger partial charge >= 0.3 is 5.97 Å². The predicted octanol–water partition coefficient (Wildman–Crippen LogP) is -0.728. The molecule has 64 valence electrons. The molecule has 0 aromatic heterocycles. The topological polar surface area (TPSA) is 58.6 Å². The smallest absolute Gasteiger partial charge is 0.302 e. The quantitative estimate of drug-likeness (QED) is 0.522. The van der Waals surface area contributed by atoms with Crippen LogP contribution in [0.4, 0.5) is 0 Å². The number of rotatable bonds is 2. The maximum absolute atomic E-state index is 10.5. The highest BCUT2D eigenvalue weighted by molar-refractivity contribution is 5.66. The monoisotopic (exact) mass is 159 g/mol. The van der Waals surface area contributed by atoms with E-state index in [2.05, 4.69) is 5.32 Å². The number of aliphatic hydroxyl groups is 1. The van der Waals surface area contributed by atoms with E-state index < -0.39 is 0 Å². The summed E-state index contributed by atoms with van der Waals surface area (Å²) in [6, 6.07) is 0.0966. The van der Waals surface area contributed by atoms with Gasteiger partial charge in [0.2, 0.25) is 0 Å². The van der Waals surface area contributed by atoms with Crippen LogP contribution in [0.5, 0.6) is 0 Å². The van der Waals surface area contributed by atoms with Crippen LogP contribution < -0.4 is 5.32 Å². The molecule has 0 radical (unpaired) electrons. The van der Waals surface area contributed by atoms with Gasteiger partial charge in [0.25, 0.3) is 0 Å². The minimum absolute atomic E-state index is 0.0513. The van der Waals surface area contributed by atoms with Crippen LogP contribution in [-0.2, 0) is 9.53 Å². The van der Waals surface area contributed by atoms with E-state index in [4.69, 9.17) is 9.84 Å². The van der Waals surface area contributed by atoms with E-state index in [9.17, 15) is 4.79 Å². The predicted molar refractivity (Wildman–Crippen MR) is 39.0 cm³/mol. The van der Waals surface area contributed by atoms with Crippen molar-refractivity contribution >= 4 is 5.97 Å². The summed E-state index contributed by atoms with van der Waals surface area (Å²) in [5, 5.41) is 11.7. The molecule has 0 spiro atoms. The summed E-state index contributed by atoms with van der Waals surface area (Å²) in [4.78, 5) is 10.5. The maximum Gasteiger partial charge on any atom is 0.302 e. The van der Waals surface area contributed by atoms with E-state index in [-0.39, 0.29) is 24.7 Å². The minimum atomic E-state index is -0.254. The Hall–Kier alpha value is -0.610. The molecule has 1 heterocycles. The van der Waals surface area contributed by atoms with Gasteiger partial charge in [-0.3, -0.25) is 4.79 Å². The molecular weight excluding hydrogens is 146 g/mol. The number of hydrogen-bond donors (Lipinski definition) is 2. The Morgan fingerprint density at radius 1 is 1.82 bits per heavy atom. The summed E-state index contributed by atoms with van der Waals surface area (Å²) in [5.74, 6) is -0.254. The summed E-state index contributed by atoms with van der Waals surface area (Å²) in [6.45, 7) is 2.16. The highest BCUT2D eigenvalue weighted by Crippen LogP contribution is 2.09. The fourth-order valence-electron chi connectivity index (χ4n) is 1.25. The Labute approximate surface area is 65.5 Å². The van der Waals surface area contributed by atoms with Crippen molar-refractivity contribution < 1.29 is 14.6 Å². The number of nitrogens with one attached hydrogen (secondary N) is 1. The van der Waals surface area contributed by atoms with Gasteiger partial charge in [-0.15, -0.1) is 0 Å². The lowest BCUT2D eigenvalue weighted by atomic mass is 10.2. The molecule has 2 atom stereocenters. The van der Waals surface area contributed by atoms with E-state index in [0.29, 0.717) is 6.54 Å². The summed E-state index contributed by atoms with van der Waals surface area (Å²) < 4.78 is 4.93. The molecule has 1 rings (SSSR count). The molecule has 0 bridgehead atoms. The van der Waals surface area contributed by atoms with Crippen LogP contribution in [0.25, 0.3) is 0 Å². The van der Waals surface area contributed by atoms with E-state index >= 15 is 0 Å². The van der Waals surface area contributed by atoms with Crippen LogP contribution in [-0.4, -0.2) is 36.4 Å². The number of esters is 1. The van der Waals surface area contributed by atoms with Crippen molar-refractivity contribution in [2.75, 3.05) is 13.2 Å². The van der Waals surface area contributed by atoms with Crippen LogP contribution in [0.1, 0.15) is 13.3 Å². The lowest BCUT2D eigenvalue weighted by molar-refractivity contribution is -0.145. The minimum Gasteiger partial charge on any atom is -0.461 e. The lowest BCUT2D eigenvalue weighted by Crippen LogP contribution is -2.24. The van der Waals surface area contributed by atoms with Crippen LogP contribution in [0.2, 0.25) is 0 Å². The van der Waals surface area contributed by atoms with Crippen molar-refractivity contribution in [2.45, 2.75) is 25.5 Å². The first-order valence-electron chi connectivity index (χ1n) is 3.74. The van der Waals surface area contributed by atoms with E-state index in [1.807, 2.05) is 0 Å². The molecule has 0 saturated carbocycles. The van der Waals surface area contributed by atoms with Crippen molar-refractivity contribution in [1.82, 2.24) is 5.32 Å². The van der Waals surface area contributed by atoms with Gasteiger partial charge in [0, 0.05) is 25.9 Å². The average molecular weight is 159 g/mol. The molecular formula is C7H13NO3. The van der Waals surface area contributed by atoms with Gasteiger partial charge in [-0.2, -0.15) is 0 Å². The number of aliphatic hydroxyl groups excluding tert-OH is 1. The van der Waals surface area contributed by atoms with Crippen molar-refractivity contribution in [3.8, 4) is 0 Å². The van der Waals surface area contributed by atoms with Gasteiger partial charge in [0.15, 0.2) is 0 Å². The zero-order chi connectivity index (χ0) is 8.27. The van der Waals surface area contributed by atoms with Gasteiger partial charge in [0.1, 0.15) is 6.10 Å². The highest BCUT2D eigenvalue weighted by Gasteiger charge is 2.25. The number of hydrogen-bond acceptors (Lipinski definition) is 4. The van der Waals surface area contributed by atoms with Crippen molar-refractivity contribution in [2.24, 2.45) is 0 Å². The Morgan fingerprint density at radius 3 is 3.00 bits per heavy atom. The molecule has 1 fully saturated rings. The van der Waals surface area contributed by atoms with Crippen LogP contribution in [0.15, 0.2) is 0 Å². The molecule has 1 aliphatic heterocycles. The molecule has 0 aliphatic carbocycles. The van der Waals surface area contributed by atoms with Crippen molar-refractivity contribution in [3.05, 3.63) is 0 Å². The molecule has 4 heteroatoms. The molecule has 0 aromatic carbocycles. The second-order valence-electron chi connectivity index (χ2n) is 2.75. The normalized spacial score (nSPS) is 30.4. The molecule has 0 amide bonds. The summed E-state index contributed by atoms with van der Waals surface area (Å²) >= 11 is 0. The Bertz CT molecular complexity index is 149. The van der Waals surface area contributed by atoms with Crippen LogP contribution in [0.3, 0.4) is 0 Å². The number of carbonyl (C=O) groups excluding carboxylic acids is 1. The third kappa shape index (κ3) is 2.48. The zero-order valence-corrected chi connectivity index (χ0v) is 6.54. The van der Waals surface area contributed by atoms with Crippen molar-refractivity contribution in [1.29, 1.82) is 0 Å². The largest absolute Gasteiger partial charge is 0.461 e. The van der Waals surface area contributed by atoms with E-state index in [1.54, 1.807) is 0 Å². The fourth-order valence-corrected chi connectivity index (χ4v) is 1.25. The average Bonchev–Trinajstić information content (AvgIpc) is 2.34. The standard InChI is InChI=1S/C7H13NO3/c1-5(10)11-7-2-6(4-9)8-3-7/h6-9H,2-4H2,1H3/t6-,7+/m0/s1. The molecule has 1 aliphatic rings.